The molecular formula is C15H16Si. The van der Waals surface area contributed by atoms with Crippen molar-refractivity contribution in [2.75, 3.05) is 0 Å². The summed E-state index contributed by atoms with van der Waals surface area (Å²) in [6.45, 7) is 6.57. The monoisotopic (exact) mass is 224 g/mol. The molecule has 0 spiro atoms. The Bertz CT molecular complexity index is 486. The van der Waals surface area contributed by atoms with E-state index in [0.717, 1.165) is 9.52 Å². The van der Waals surface area contributed by atoms with E-state index in [4.69, 9.17) is 0 Å². The van der Waals surface area contributed by atoms with Crippen LogP contribution in [-0.4, -0.2) is 9.52 Å². The summed E-state index contributed by atoms with van der Waals surface area (Å²) in [7, 11) is 0.768. The number of benzene rings is 2. The molecule has 0 aliphatic carbocycles. The van der Waals surface area contributed by atoms with Crippen molar-refractivity contribution in [1.29, 1.82) is 0 Å². The molecule has 0 aliphatic rings. The minimum atomic E-state index is 0.768. The molecule has 0 unspecified atom stereocenters. The van der Waals surface area contributed by atoms with Gasteiger partial charge >= 0.3 is 0 Å². The van der Waals surface area contributed by atoms with E-state index in [9.17, 15) is 0 Å². The number of aryl methyl sites for hydroxylation is 3. The van der Waals surface area contributed by atoms with Crippen molar-refractivity contribution in [3.8, 4) is 0 Å². The number of hydrogen-bond donors (Lipinski definition) is 0. The molecule has 2 radical (unpaired) electrons. The SMILES string of the molecule is Cc1cc(C)c([Si]c2ccccc2)cc1C. The third kappa shape index (κ3) is 2.42. The van der Waals surface area contributed by atoms with Gasteiger partial charge in [0.25, 0.3) is 0 Å². The summed E-state index contributed by atoms with van der Waals surface area (Å²) in [6.07, 6.45) is 0. The van der Waals surface area contributed by atoms with Crippen molar-refractivity contribution in [2.45, 2.75) is 20.8 Å². The molecule has 0 aromatic heterocycles. The van der Waals surface area contributed by atoms with Crippen molar-refractivity contribution in [3.63, 3.8) is 0 Å². The van der Waals surface area contributed by atoms with Crippen LogP contribution in [0.1, 0.15) is 16.7 Å². The zero-order valence-electron chi connectivity index (χ0n) is 10.0. The average molecular weight is 224 g/mol. The molecule has 0 atom stereocenters. The van der Waals surface area contributed by atoms with E-state index >= 15 is 0 Å². The summed E-state index contributed by atoms with van der Waals surface area (Å²) < 4.78 is 0. The highest BCUT2D eigenvalue weighted by atomic mass is 28.2. The Morgan fingerprint density at radius 2 is 1.38 bits per heavy atom. The Morgan fingerprint density at radius 3 is 2.06 bits per heavy atom. The largest absolute Gasteiger partial charge is 0.121 e. The van der Waals surface area contributed by atoms with Gasteiger partial charge in [0.05, 0.1) is 0 Å². The van der Waals surface area contributed by atoms with Crippen LogP contribution in [0, 0.1) is 20.8 Å². The molecule has 1 heteroatoms. The Labute approximate surface area is 100 Å². The van der Waals surface area contributed by atoms with E-state index < -0.39 is 0 Å². The second-order valence-electron chi connectivity index (χ2n) is 4.24. The van der Waals surface area contributed by atoms with E-state index in [1.807, 2.05) is 0 Å². The van der Waals surface area contributed by atoms with Crippen LogP contribution in [0.15, 0.2) is 42.5 Å². The lowest BCUT2D eigenvalue weighted by molar-refractivity contribution is 1.32. The van der Waals surface area contributed by atoms with Gasteiger partial charge in [-0.25, -0.2) is 0 Å². The molecule has 2 aromatic carbocycles. The minimum absolute atomic E-state index is 0.768. The first-order valence-electron chi connectivity index (χ1n) is 5.57. The molecule has 16 heavy (non-hydrogen) atoms. The van der Waals surface area contributed by atoms with E-state index in [2.05, 4.69) is 63.2 Å². The maximum atomic E-state index is 2.33. The zero-order valence-corrected chi connectivity index (χ0v) is 11.0. The quantitative estimate of drug-likeness (QED) is 0.687. The van der Waals surface area contributed by atoms with Gasteiger partial charge in [-0.3, -0.25) is 0 Å². The van der Waals surface area contributed by atoms with Gasteiger partial charge < -0.3 is 0 Å². The van der Waals surface area contributed by atoms with E-state index in [1.165, 1.54) is 27.1 Å². The zero-order chi connectivity index (χ0) is 11.5. The molecule has 2 aromatic rings. The summed E-state index contributed by atoms with van der Waals surface area (Å²) >= 11 is 0. The van der Waals surface area contributed by atoms with Gasteiger partial charge in [0, 0.05) is 0 Å². The predicted octanol–water partition coefficient (Wildman–Crippen LogP) is 2.27. The summed E-state index contributed by atoms with van der Waals surface area (Å²) in [6, 6.07) is 15.3. The molecule has 0 N–H and O–H groups in total. The first kappa shape index (κ1) is 11.2. The molecule has 80 valence electrons. The molecule has 0 saturated carbocycles. The number of hydrogen-bond acceptors (Lipinski definition) is 0. The van der Waals surface area contributed by atoms with E-state index in [-0.39, 0.29) is 0 Å². The van der Waals surface area contributed by atoms with Crippen LogP contribution < -0.4 is 10.4 Å². The molecule has 0 saturated heterocycles. The van der Waals surface area contributed by atoms with E-state index in [1.54, 1.807) is 0 Å². The molecule has 0 fully saturated rings. The van der Waals surface area contributed by atoms with Crippen molar-refractivity contribution < 1.29 is 0 Å². The van der Waals surface area contributed by atoms with Crippen LogP contribution in [0.5, 0.6) is 0 Å². The highest BCUT2D eigenvalue weighted by Gasteiger charge is 2.03. The van der Waals surface area contributed by atoms with Crippen molar-refractivity contribution in [2.24, 2.45) is 0 Å². The van der Waals surface area contributed by atoms with Crippen LogP contribution in [0.2, 0.25) is 0 Å². The summed E-state index contributed by atoms with van der Waals surface area (Å²) in [5, 5.41) is 2.88. The highest BCUT2D eigenvalue weighted by Crippen LogP contribution is 2.06. The molecule has 0 bridgehead atoms. The maximum Gasteiger partial charge on any atom is 0.121 e. The first-order valence-corrected chi connectivity index (χ1v) is 6.57. The Balaban J connectivity index is 2.32. The van der Waals surface area contributed by atoms with Crippen molar-refractivity contribution in [3.05, 3.63) is 59.2 Å². The second-order valence-corrected chi connectivity index (χ2v) is 5.61. The summed E-state index contributed by atoms with van der Waals surface area (Å²) in [5.74, 6) is 0. The lowest BCUT2D eigenvalue weighted by atomic mass is 10.1. The van der Waals surface area contributed by atoms with Crippen LogP contribution in [0.25, 0.3) is 0 Å². The van der Waals surface area contributed by atoms with Crippen molar-refractivity contribution >= 4 is 19.9 Å². The van der Waals surface area contributed by atoms with Crippen LogP contribution in [0.4, 0.5) is 0 Å². The fourth-order valence-electron chi connectivity index (χ4n) is 1.77. The van der Waals surface area contributed by atoms with Crippen molar-refractivity contribution in [1.82, 2.24) is 0 Å². The van der Waals surface area contributed by atoms with Gasteiger partial charge in [0.15, 0.2) is 0 Å². The molecular weight excluding hydrogens is 208 g/mol. The fraction of sp³-hybridized carbons (Fsp3) is 0.200. The topological polar surface area (TPSA) is 0 Å². The van der Waals surface area contributed by atoms with Crippen LogP contribution in [0.3, 0.4) is 0 Å². The minimum Gasteiger partial charge on any atom is -0.0631 e. The third-order valence-electron chi connectivity index (χ3n) is 2.89. The van der Waals surface area contributed by atoms with Gasteiger partial charge in [-0.15, -0.1) is 0 Å². The molecule has 0 heterocycles. The Hall–Kier alpha value is -1.34. The van der Waals surface area contributed by atoms with Crippen LogP contribution in [-0.2, 0) is 0 Å². The standard InChI is InChI=1S/C15H16Si/c1-11-9-13(3)15(10-12(11)2)16-14-7-5-4-6-8-14/h4-10H,1-3H3. The predicted molar refractivity (Wildman–Crippen MR) is 72.1 cm³/mol. The van der Waals surface area contributed by atoms with Gasteiger partial charge in [-0.05, 0) is 31.9 Å². The smallest absolute Gasteiger partial charge is 0.0631 e. The molecule has 0 amide bonds. The lowest BCUT2D eigenvalue weighted by Crippen LogP contribution is -2.29. The lowest BCUT2D eigenvalue weighted by Gasteiger charge is -2.09. The average Bonchev–Trinajstić information content (AvgIpc) is 2.27. The molecule has 0 aliphatic heterocycles. The Kier molecular flexibility index (Phi) is 3.25. The Morgan fingerprint density at radius 1 is 0.750 bits per heavy atom. The third-order valence-corrected chi connectivity index (χ3v) is 4.32. The van der Waals surface area contributed by atoms with Crippen LogP contribution >= 0.6 is 0 Å². The molecule has 2 rings (SSSR count). The summed E-state index contributed by atoms with van der Waals surface area (Å²) in [4.78, 5) is 0. The number of rotatable bonds is 2. The van der Waals surface area contributed by atoms with Gasteiger partial charge in [0.2, 0.25) is 0 Å². The normalized spacial score (nSPS) is 10.4. The van der Waals surface area contributed by atoms with E-state index in [0.29, 0.717) is 0 Å². The first-order chi connectivity index (χ1) is 7.66. The van der Waals surface area contributed by atoms with Gasteiger partial charge in [-0.1, -0.05) is 58.4 Å². The van der Waals surface area contributed by atoms with Gasteiger partial charge in [-0.2, -0.15) is 0 Å². The molecule has 0 nitrogen and oxygen atoms in total. The maximum absolute atomic E-state index is 2.33. The second kappa shape index (κ2) is 4.66. The highest BCUT2D eigenvalue weighted by molar-refractivity contribution is 6.67. The van der Waals surface area contributed by atoms with Gasteiger partial charge in [0.1, 0.15) is 9.52 Å². The fourth-order valence-corrected chi connectivity index (χ4v) is 3.00. The summed E-state index contributed by atoms with van der Waals surface area (Å²) in [5.41, 5.74) is 4.19.